The molecule has 1 aliphatic rings. The summed E-state index contributed by atoms with van der Waals surface area (Å²) in [6, 6.07) is 0.980. The molecule has 1 atom stereocenters. The first-order valence-electron chi connectivity index (χ1n) is 7.56. The molecule has 1 aliphatic carbocycles. The summed E-state index contributed by atoms with van der Waals surface area (Å²) >= 11 is 0. The van der Waals surface area contributed by atoms with Crippen molar-refractivity contribution in [2.24, 2.45) is 18.7 Å². The Morgan fingerprint density at radius 1 is 1.42 bits per heavy atom. The molecular formula is C15H28N4. The van der Waals surface area contributed by atoms with Crippen LogP contribution < -0.4 is 5.73 Å². The summed E-state index contributed by atoms with van der Waals surface area (Å²) < 4.78 is 1.86. The lowest BCUT2D eigenvalue weighted by Gasteiger charge is -2.38. The SMILES string of the molecule is CCC1CCC(N(C)C(CN)c2cnn(C)c2)CC1. The fraction of sp³-hybridized carbons (Fsp3) is 0.800. The van der Waals surface area contributed by atoms with Crippen molar-refractivity contribution in [2.75, 3.05) is 13.6 Å². The zero-order valence-electron chi connectivity index (χ0n) is 12.5. The summed E-state index contributed by atoms with van der Waals surface area (Å²) in [4.78, 5) is 2.48. The third kappa shape index (κ3) is 3.37. The highest BCUT2D eigenvalue weighted by atomic mass is 15.3. The van der Waals surface area contributed by atoms with Gasteiger partial charge in [0, 0.05) is 31.4 Å². The predicted molar refractivity (Wildman–Crippen MR) is 78.8 cm³/mol. The minimum atomic E-state index is 0.303. The van der Waals surface area contributed by atoms with Crippen LogP contribution in [0.5, 0.6) is 0 Å². The number of hydrogen-bond donors (Lipinski definition) is 1. The molecule has 0 aromatic carbocycles. The molecule has 0 aliphatic heterocycles. The Bertz CT molecular complexity index is 379. The average molecular weight is 264 g/mol. The van der Waals surface area contributed by atoms with Crippen molar-refractivity contribution in [1.82, 2.24) is 14.7 Å². The van der Waals surface area contributed by atoms with Crippen LogP contribution in [0, 0.1) is 5.92 Å². The van der Waals surface area contributed by atoms with E-state index in [1.165, 1.54) is 37.7 Å². The highest BCUT2D eigenvalue weighted by molar-refractivity contribution is 5.11. The zero-order chi connectivity index (χ0) is 13.8. The molecule has 1 aromatic heterocycles. The first kappa shape index (κ1) is 14.5. The molecular weight excluding hydrogens is 236 g/mol. The van der Waals surface area contributed by atoms with Crippen LogP contribution in [-0.2, 0) is 7.05 Å². The Labute approximate surface area is 117 Å². The number of rotatable bonds is 5. The second-order valence-corrected chi connectivity index (χ2v) is 5.95. The number of hydrogen-bond acceptors (Lipinski definition) is 3. The molecule has 0 radical (unpaired) electrons. The second kappa shape index (κ2) is 6.53. The normalized spacial score (nSPS) is 25.7. The summed E-state index contributed by atoms with van der Waals surface area (Å²) in [5.41, 5.74) is 7.24. The molecule has 0 bridgehead atoms. The van der Waals surface area contributed by atoms with E-state index in [0.29, 0.717) is 18.6 Å². The molecule has 108 valence electrons. The van der Waals surface area contributed by atoms with E-state index in [0.717, 1.165) is 5.92 Å². The molecule has 19 heavy (non-hydrogen) atoms. The van der Waals surface area contributed by atoms with Crippen LogP contribution >= 0.6 is 0 Å². The van der Waals surface area contributed by atoms with Crippen molar-refractivity contribution in [1.29, 1.82) is 0 Å². The standard InChI is InChI=1S/C15H28N4/c1-4-12-5-7-14(8-6-12)19(3)15(9-16)13-10-17-18(2)11-13/h10-12,14-15H,4-9,16H2,1-3H3. The molecule has 0 saturated heterocycles. The Morgan fingerprint density at radius 2 is 2.11 bits per heavy atom. The molecule has 1 unspecified atom stereocenters. The highest BCUT2D eigenvalue weighted by Crippen LogP contribution is 2.32. The van der Waals surface area contributed by atoms with Crippen LogP contribution in [0.2, 0.25) is 0 Å². The molecule has 1 heterocycles. The van der Waals surface area contributed by atoms with Gasteiger partial charge in [0.05, 0.1) is 12.2 Å². The maximum absolute atomic E-state index is 6.00. The van der Waals surface area contributed by atoms with Crippen LogP contribution in [0.15, 0.2) is 12.4 Å². The predicted octanol–water partition coefficient (Wildman–Crippen LogP) is 2.32. The van der Waals surface area contributed by atoms with E-state index >= 15 is 0 Å². The lowest BCUT2D eigenvalue weighted by Crippen LogP contribution is -2.40. The molecule has 0 amide bonds. The van der Waals surface area contributed by atoms with Gasteiger partial charge in [-0.3, -0.25) is 9.58 Å². The molecule has 1 saturated carbocycles. The van der Waals surface area contributed by atoms with Gasteiger partial charge in [0.2, 0.25) is 0 Å². The maximum atomic E-state index is 6.00. The van der Waals surface area contributed by atoms with Crippen molar-refractivity contribution in [3.8, 4) is 0 Å². The van der Waals surface area contributed by atoms with Gasteiger partial charge in [0.15, 0.2) is 0 Å². The Morgan fingerprint density at radius 3 is 2.58 bits per heavy atom. The van der Waals surface area contributed by atoms with E-state index in [-0.39, 0.29) is 0 Å². The topological polar surface area (TPSA) is 47.1 Å². The van der Waals surface area contributed by atoms with Crippen molar-refractivity contribution in [2.45, 2.75) is 51.1 Å². The first-order chi connectivity index (χ1) is 9.15. The number of nitrogens with zero attached hydrogens (tertiary/aromatic N) is 3. The van der Waals surface area contributed by atoms with Crippen LogP contribution in [-0.4, -0.2) is 34.3 Å². The van der Waals surface area contributed by atoms with E-state index in [1.807, 2.05) is 17.9 Å². The van der Waals surface area contributed by atoms with Crippen LogP contribution in [0.3, 0.4) is 0 Å². The summed E-state index contributed by atoms with van der Waals surface area (Å²) in [5.74, 6) is 0.944. The molecule has 1 fully saturated rings. The minimum Gasteiger partial charge on any atom is -0.329 e. The van der Waals surface area contributed by atoms with Crippen LogP contribution in [0.25, 0.3) is 0 Å². The van der Waals surface area contributed by atoms with Gasteiger partial charge in [0.25, 0.3) is 0 Å². The highest BCUT2D eigenvalue weighted by Gasteiger charge is 2.28. The quantitative estimate of drug-likeness (QED) is 0.888. The van der Waals surface area contributed by atoms with Crippen molar-refractivity contribution in [3.63, 3.8) is 0 Å². The van der Waals surface area contributed by atoms with E-state index in [9.17, 15) is 0 Å². The Balaban J connectivity index is 1.99. The second-order valence-electron chi connectivity index (χ2n) is 5.95. The summed E-state index contributed by atoms with van der Waals surface area (Å²) in [6.07, 6.45) is 10.7. The number of nitrogens with two attached hydrogens (primary N) is 1. The van der Waals surface area contributed by atoms with Gasteiger partial charge >= 0.3 is 0 Å². The molecule has 2 N–H and O–H groups in total. The first-order valence-corrected chi connectivity index (χ1v) is 7.56. The van der Waals surface area contributed by atoms with Gasteiger partial charge in [-0.1, -0.05) is 13.3 Å². The Hall–Kier alpha value is -0.870. The van der Waals surface area contributed by atoms with Gasteiger partial charge in [-0.15, -0.1) is 0 Å². The fourth-order valence-electron chi connectivity index (χ4n) is 3.36. The third-order valence-corrected chi connectivity index (χ3v) is 4.79. The van der Waals surface area contributed by atoms with Crippen molar-refractivity contribution in [3.05, 3.63) is 18.0 Å². The van der Waals surface area contributed by atoms with Gasteiger partial charge in [-0.05, 0) is 38.6 Å². The van der Waals surface area contributed by atoms with Gasteiger partial charge in [-0.2, -0.15) is 5.10 Å². The number of likely N-dealkylation sites (N-methyl/N-ethyl adjacent to an activating group) is 1. The zero-order valence-corrected chi connectivity index (χ0v) is 12.5. The summed E-state index contributed by atoms with van der Waals surface area (Å²) in [5, 5.41) is 4.27. The maximum Gasteiger partial charge on any atom is 0.0538 e. The van der Waals surface area contributed by atoms with Crippen LogP contribution in [0.1, 0.15) is 50.6 Å². The minimum absolute atomic E-state index is 0.303. The third-order valence-electron chi connectivity index (χ3n) is 4.79. The van der Waals surface area contributed by atoms with Crippen LogP contribution in [0.4, 0.5) is 0 Å². The number of aryl methyl sites for hydroxylation is 1. The smallest absolute Gasteiger partial charge is 0.0538 e. The van der Waals surface area contributed by atoms with E-state index < -0.39 is 0 Å². The average Bonchev–Trinajstić information content (AvgIpc) is 2.86. The summed E-state index contributed by atoms with van der Waals surface area (Å²) in [6.45, 7) is 2.98. The van der Waals surface area contributed by atoms with E-state index in [4.69, 9.17) is 5.73 Å². The Kier molecular flexibility index (Phi) is 4.99. The lowest BCUT2D eigenvalue weighted by molar-refractivity contribution is 0.122. The molecule has 0 spiro atoms. The molecule has 2 rings (SSSR count). The monoisotopic (exact) mass is 264 g/mol. The fourth-order valence-corrected chi connectivity index (χ4v) is 3.36. The molecule has 4 nitrogen and oxygen atoms in total. The van der Waals surface area contributed by atoms with E-state index in [2.05, 4.69) is 30.2 Å². The summed E-state index contributed by atoms with van der Waals surface area (Å²) in [7, 11) is 4.19. The van der Waals surface area contributed by atoms with E-state index in [1.54, 1.807) is 0 Å². The molecule has 4 heteroatoms. The van der Waals surface area contributed by atoms with Gasteiger partial charge in [0.1, 0.15) is 0 Å². The molecule has 1 aromatic rings. The largest absolute Gasteiger partial charge is 0.329 e. The van der Waals surface area contributed by atoms with Crippen molar-refractivity contribution < 1.29 is 0 Å². The number of aromatic nitrogens is 2. The van der Waals surface area contributed by atoms with Crippen molar-refractivity contribution >= 4 is 0 Å². The van der Waals surface area contributed by atoms with Gasteiger partial charge < -0.3 is 5.73 Å². The lowest BCUT2D eigenvalue weighted by atomic mass is 9.83. The van der Waals surface area contributed by atoms with Gasteiger partial charge in [-0.25, -0.2) is 0 Å².